The summed E-state index contributed by atoms with van der Waals surface area (Å²) in [6.07, 6.45) is 0. The van der Waals surface area contributed by atoms with Gasteiger partial charge in [-0.3, -0.25) is 0 Å². The Morgan fingerprint density at radius 3 is 2.62 bits per heavy atom. The van der Waals surface area contributed by atoms with Crippen molar-refractivity contribution in [1.29, 1.82) is 0 Å². The van der Waals surface area contributed by atoms with Gasteiger partial charge in [0.05, 0.1) is 0 Å². The molecule has 0 aromatic carbocycles. The maximum atomic E-state index is 11.6. The normalized spacial score (nSPS) is 9.75. The molecule has 0 spiro atoms. The van der Waals surface area contributed by atoms with Crippen molar-refractivity contribution >= 4 is 0 Å². The van der Waals surface area contributed by atoms with E-state index in [-0.39, 0.29) is 0 Å². The van der Waals surface area contributed by atoms with Crippen LogP contribution in [0.3, 0.4) is 0 Å². The van der Waals surface area contributed by atoms with E-state index in [2.05, 4.69) is 0 Å². The molecule has 1 aromatic rings. The standard InChI is InChI=1S/C6H7FO/c1-5-2-3-6(4-7)8-5/h2-3H,4H2,1H3. The molecule has 0 N–H and O–H groups in total. The minimum Gasteiger partial charge on any atom is -0.464 e. The van der Waals surface area contributed by atoms with Gasteiger partial charge in [-0.25, -0.2) is 4.39 Å². The van der Waals surface area contributed by atoms with Crippen molar-refractivity contribution in [1.82, 2.24) is 0 Å². The third-order valence-corrected chi connectivity index (χ3v) is 0.928. The second-order valence-corrected chi connectivity index (χ2v) is 1.65. The molecule has 8 heavy (non-hydrogen) atoms. The van der Waals surface area contributed by atoms with Gasteiger partial charge in [-0.1, -0.05) is 0 Å². The van der Waals surface area contributed by atoms with Crippen LogP contribution in [0, 0.1) is 6.92 Å². The molecule has 0 amide bonds. The Morgan fingerprint density at radius 1 is 1.62 bits per heavy atom. The Balaban J connectivity index is 2.84. The summed E-state index contributed by atoms with van der Waals surface area (Å²) in [5.74, 6) is 1.17. The number of alkyl halides is 1. The average molecular weight is 114 g/mol. The number of aryl methyl sites for hydroxylation is 1. The maximum absolute atomic E-state index is 11.6. The van der Waals surface area contributed by atoms with E-state index in [4.69, 9.17) is 4.42 Å². The lowest BCUT2D eigenvalue weighted by Crippen LogP contribution is -1.65. The van der Waals surface area contributed by atoms with Gasteiger partial charge in [0.15, 0.2) is 0 Å². The Bertz CT molecular complexity index is 169. The molecule has 0 aliphatic rings. The molecule has 1 rings (SSSR count). The molecule has 0 aliphatic heterocycles. The van der Waals surface area contributed by atoms with E-state index in [0.717, 1.165) is 5.76 Å². The lowest BCUT2D eigenvalue weighted by atomic mass is 10.4. The van der Waals surface area contributed by atoms with Gasteiger partial charge >= 0.3 is 0 Å². The van der Waals surface area contributed by atoms with Crippen molar-refractivity contribution in [3.05, 3.63) is 23.7 Å². The first-order valence-electron chi connectivity index (χ1n) is 2.44. The van der Waals surface area contributed by atoms with E-state index in [0.29, 0.717) is 5.76 Å². The molecule has 2 heteroatoms. The molecule has 0 saturated carbocycles. The van der Waals surface area contributed by atoms with Gasteiger partial charge in [0, 0.05) is 0 Å². The van der Waals surface area contributed by atoms with Crippen molar-refractivity contribution in [2.45, 2.75) is 13.6 Å². The number of furan rings is 1. The topological polar surface area (TPSA) is 13.1 Å². The lowest BCUT2D eigenvalue weighted by molar-refractivity contribution is 0.384. The zero-order valence-electron chi connectivity index (χ0n) is 4.65. The second kappa shape index (κ2) is 1.99. The predicted molar refractivity (Wildman–Crippen MR) is 28.3 cm³/mol. The monoisotopic (exact) mass is 114 g/mol. The van der Waals surface area contributed by atoms with Gasteiger partial charge in [0.1, 0.15) is 18.2 Å². The minimum absolute atomic E-state index is 0.405. The van der Waals surface area contributed by atoms with Crippen molar-refractivity contribution < 1.29 is 8.81 Å². The summed E-state index contributed by atoms with van der Waals surface area (Å²) in [6.45, 7) is 1.28. The molecule has 44 valence electrons. The predicted octanol–water partition coefficient (Wildman–Crippen LogP) is 2.06. The Morgan fingerprint density at radius 2 is 2.38 bits per heavy atom. The summed E-state index contributed by atoms with van der Waals surface area (Å²) in [6, 6.07) is 3.38. The van der Waals surface area contributed by atoms with Crippen LogP contribution in [0.15, 0.2) is 16.5 Å². The highest BCUT2D eigenvalue weighted by Crippen LogP contribution is 2.06. The molecular weight excluding hydrogens is 107 g/mol. The lowest BCUT2D eigenvalue weighted by Gasteiger charge is -1.80. The second-order valence-electron chi connectivity index (χ2n) is 1.65. The molecule has 0 unspecified atom stereocenters. The smallest absolute Gasteiger partial charge is 0.147 e. The van der Waals surface area contributed by atoms with Gasteiger partial charge < -0.3 is 4.42 Å². The molecule has 1 aromatic heterocycles. The van der Waals surface area contributed by atoms with Crippen LogP contribution in [-0.4, -0.2) is 0 Å². The number of hydrogen-bond donors (Lipinski definition) is 0. The Labute approximate surface area is 47.1 Å². The van der Waals surface area contributed by atoms with Crippen LogP contribution in [-0.2, 0) is 6.67 Å². The first-order valence-corrected chi connectivity index (χ1v) is 2.44. The van der Waals surface area contributed by atoms with E-state index < -0.39 is 6.67 Å². The summed E-state index contributed by atoms with van der Waals surface area (Å²) < 4.78 is 16.5. The fourth-order valence-electron chi connectivity index (χ4n) is 0.557. The minimum atomic E-state index is -0.506. The fourth-order valence-corrected chi connectivity index (χ4v) is 0.557. The summed E-state index contributed by atoms with van der Waals surface area (Å²) >= 11 is 0. The highest BCUT2D eigenvalue weighted by atomic mass is 19.1. The van der Waals surface area contributed by atoms with Crippen molar-refractivity contribution in [3.63, 3.8) is 0 Å². The van der Waals surface area contributed by atoms with Crippen LogP contribution >= 0.6 is 0 Å². The van der Waals surface area contributed by atoms with Crippen LogP contribution in [0.2, 0.25) is 0 Å². The van der Waals surface area contributed by atoms with Crippen LogP contribution in [0.1, 0.15) is 11.5 Å². The van der Waals surface area contributed by atoms with Crippen LogP contribution in [0.25, 0.3) is 0 Å². The molecule has 1 nitrogen and oxygen atoms in total. The molecule has 0 saturated heterocycles. The van der Waals surface area contributed by atoms with Crippen molar-refractivity contribution in [2.75, 3.05) is 0 Å². The highest BCUT2D eigenvalue weighted by molar-refractivity contribution is 5.03. The van der Waals surface area contributed by atoms with Crippen LogP contribution in [0.5, 0.6) is 0 Å². The summed E-state index contributed by atoms with van der Waals surface area (Å²) in [5, 5.41) is 0. The first kappa shape index (κ1) is 5.35. The molecule has 0 atom stereocenters. The fraction of sp³-hybridized carbons (Fsp3) is 0.333. The largest absolute Gasteiger partial charge is 0.464 e. The van der Waals surface area contributed by atoms with Crippen molar-refractivity contribution in [2.24, 2.45) is 0 Å². The summed E-state index contributed by atoms with van der Waals surface area (Å²) in [4.78, 5) is 0. The van der Waals surface area contributed by atoms with E-state index in [1.807, 2.05) is 0 Å². The zero-order chi connectivity index (χ0) is 5.98. The van der Waals surface area contributed by atoms with E-state index in [1.165, 1.54) is 0 Å². The van der Waals surface area contributed by atoms with Gasteiger partial charge in [0.25, 0.3) is 0 Å². The number of hydrogen-bond acceptors (Lipinski definition) is 1. The van der Waals surface area contributed by atoms with Crippen LogP contribution in [0.4, 0.5) is 4.39 Å². The molecule has 0 bridgehead atoms. The number of halogens is 1. The molecule has 0 fully saturated rings. The van der Waals surface area contributed by atoms with Crippen molar-refractivity contribution in [3.8, 4) is 0 Å². The molecule has 1 heterocycles. The Hall–Kier alpha value is -0.790. The summed E-state index contributed by atoms with van der Waals surface area (Å²) in [7, 11) is 0. The van der Waals surface area contributed by atoms with Crippen LogP contribution < -0.4 is 0 Å². The zero-order valence-corrected chi connectivity index (χ0v) is 4.65. The maximum Gasteiger partial charge on any atom is 0.147 e. The SMILES string of the molecule is Cc1ccc(CF)o1. The van der Waals surface area contributed by atoms with Gasteiger partial charge in [0.2, 0.25) is 0 Å². The van der Waals surface area contributed by atoms with E-state index in [9.17, 15) is 4.39 Å². The molecular formula is C6H7FO. The Kier molecular flexibility index (Phi) is 1.33. The first-order chi connectivity index (χ1) is 3.83. The van der Waals surface area contributed by atoms with Gasteiger partial charge in [-0.15, -0.1) is 0 Å². The average Bonchev–Trinajstić information content (AvgIpc) is 2.14. The highest BCUT2D eigenvalue weighted by Gasteiger charge is 1.93. The summed E-state index contributed by atoms with van der Waals surface area (Å²) in [5.41, 5.74) is 0. The van der Waals surface area contributed by atoms with Gasteiger partial charge in [-0.2, -0.15) is 0 Å². The quantitative estimate of drug-likeness (QED) is 0.544. The third-order valence-electron chi connectivity index (χ3n) is 0.928. The van der Waals surface area contributed by atoms with Gasteiger partial charge in [-0.05, 0) is 19.1 Å². The number of rotatable bonds is 1. The third kappa shape index (κ3) is 0.886. The van der Waals surface area contributed by atoms with E-state index in [1.54, 1.807) is 19.1 Å². The molecule has 0 radical (unpaired) electrons. The molecule has 0 aliphatic carbocycles. The van der Waals surface area contributed by atoms with E-state index >= 15 is 0 Å².